The van der Waals surface area contributed by atoms with Gasteiger partial charge in [0.2, 0.25) is 5.91 Å². The Morgan fingerprint density at radius 1 is 1.08 bits per heavy atom. The topological polar surface area (TPSA) is 71.2 Å². The van der Waals surface area contributed by atoms with E-state index in [0.29, 0.717) is 11.3 Å². The maximum atomic E-state index is 13.0. The molecule has 1 heterocycles. The Hall–Kier alpha value is -3.08. The molecule has 0 atom stereocenters. The van der Waals surface area contributed by atoms with Gasteiger partial charge in [-0.3, -0.25) is 4.79 Å². The Kier molecular flexibility index (Phi) is 3.57. The Labute approximate surface area is 145 Å². The smallest absolute Gasteiger partial charge is 0.339 e. The molecule has 1 saturated carbocycles. The molecule has 0 unspecified atom stereocenters. The number of H-pyrrole nitrogens is 1. The number of anilines is 1. The van der Waals surface area contributed by atoms with Crippen molar-refractivity contribution >= 4 is 28.5 Å². The van der Waals surface area contributed by atoms with Crippen molar-refractivity contribution in [2.45, 2.75) is 18.3 Å². The number of nitrogens with one attached hydrogen (secondary N) is 2. The van der Waals surface area contributed by atoms with E-state index < -0.39 is 11.4 Å². The molecule has 0 bridgehead atoms. The molecule has 25 heavy (non-hydrogen) atoms. The van der Waals surface area contributed by atoms with Crippen molar-refractivity contribution in [3.63, 3.8) is 0 Å². The Bertz CT molecular complexity index is 970. The number of carbonyl (C=O) groups is 2. The van der Waals surface area contributed by atoms with Crippen molar-refractivity contribution in [3.05, 3.63) is 65.9 Å². The van der Waals surface area contributed by atoms with Gasteiger partial charge in [-0.15, -0.1) is 0 Å². The molecule has 1 aliphatic rings. The van der Waals surface area contributed by atoms with E-state index in [2.05, 4.69) is 10.3 Å². The molecule has 1 aliphatic carbocycles. The summed E-state index contributed by atoms with van der Waals surface area (Å²) < 4.78 is 4.79. The lowest BCUT2D eigenvalue weighted by Gasteiger charge is -2.16. The number of ether oxygens (including phenoxy) is 1. The number of esters is 1. The molecular weight excluding hydrogens is 316 g/mol. The fourth-order valence-electron chi connectivity index (χ4n) is 3.33. The van der Waals surface area contributed by atoms with E-state index in [-0.39, 0.29) is 5.91 Å². The van der Waals surface area contributed by atoms with Gasteiger partial charge >= 0.3 is 5.97 Å². The maximum absolute atomic E-state index is 13.0. The van der Waals surface area contributed by atoms with Gasteiger partial charge in [0.15, 0.2) is 0 Å². The van der Waals surface area contributed by atoms with Gasteiger partial charge in [-0.1, -0.05) is 30.3 Å². The van der Waals surface area contributed by atoms with Crippen molar-refractivity contribution in [2.75, 3.05) is 12.4 Å². The Balaban J connectivity index is 1.67. The van der Waals surface area contributed by atoms with Crippen LogP contribution in [0.25, 0.3) is 10.9 Å². The van der Waals surface area contributed by atoms with E-state index in [0.717, 1.165) is 29.3 Å². The molecule has 2 N–H and O–H groups in total. The largest absolute Gasteiger partial charge is 0.465 e. The minimum Gasteiger partial charge on any atom is -0.465 e. The first-order valence-corrected chi connectivity index (χ1v) is 8.21. The second-order valence-corrected chi connectivity index (χ2v) is 6.32. The number of amides is 1. The van der Waals surface area contributed by atoms with E-state index in [4.69, 9.17) is 4.74 Å². The molecule has 1 amide bonds. The lowest BCUT2D eigenvalue weighted by Crippen LogP contribution is -2.28. The zero-order valence-corrected chi connectivity index (χ0v) is 13.8. The summed E-state index contributed by atoms with van der Waals surface area (Å²) >= 11 is 0. The molecule has 5 heteroatoms. The van der Waals surface area contributed by atoms with E-state index in [1.165, 1.54) is 7.11 Å². The lowest BCUT2D eigenvalue weighted by molar-refractivity contribution is -0.118. The molecule has 126 valence electrons. The highest BCUT2D eigenvalue weighted by molar-refractivity contribution is 6.07. The monoisotopic (exact) mass is 334 g/mol. The van der Waals surface area contributed by atoms with Gasteiger partial charge in [-0.2, -0.15) is 0 Å². The molecule has 5 nitrogen and oxygen atoms in total. The van der Waals surface area contributed by atoms with Crippen LogP contribution in [0.5, 0.6) is 0 Å². The Morgan fingerprint density at radius 3 is 2.56 bits per heavy atom. The number of hydrogen-bond acceptors (Lipinski definition) is 3. The number of fused-ring (bicyclic) bond motifs is 1. The molecule has 1 aromatic heterocycles. The van der Waals surface area contributed by atoms with Crippen molar-refractivity contribution in [3.8, 4) is 0 Å². The number of aromatic amines is 1. The van der Waals surface area contributed by atoms with Gasteiger partial charge < -0.3 is 15.0 Å². The summed E-state index contributed by atoms with van der Waals surface area (Å²) in [6, 6.07) is 14.9. The molecule has 0 aliphatic heterocycles. The number of hydrogen-bond donors (Lipinski definition) is 2. The van der Waals surface area contributed by atoms with Crippen LogP contribution in [0.3, 0.4) is 0 Å². The van der Waals surface area contributed by atoms with Gasteiger partial charge in [0.25, 0.3) is 0 Å². The number of para-hydroxylation sites is 2. The molecule has 1 fully saturated rings. The van der Waals surface area contributed by atoms with E-state index in [1.807, 2.05) is 30.5 Å². The minimum atomic E-state index is -0.539. The van der Waals surface area contributed by atoms with Crippen LogP contribution in [0.1, 0.15) is 28.8 Å². The predicted octanol–water partition coefficient (Wildman–Crippen LogP) is 3.62. The number of benzene rings is 2. The standard InChI is InChI=1S/C20H18N2O3/c1-25-18(23)14-7-3-5-9-17(14)22-19(24)20(10-11-20)15-12-21-16-8-4-2-6-13(15)16/h2-9,12,21H,10-11H2,1H3,(H,22,24). The third-order valence-corrected chi connectivity index (χ3v) is 4.87. The molecule has 0 saturated heterocycles. The quantitative estimate of drug-likeness (QED) is 0.716. The molecule has 4 rings (SSSR count). The SMILES string of the molecule is COC(=O)c1ccccc1NC(=O)C1(c2c[nH]c3ccccc23)CC1. The van der Waals surface area contributed by atoms with E-state index in [9.17, 15) is 9.59 Å². The average molecular weight is 334 g/mol. The number of carbonyl (C=O) groups excluding carboxylic acids is 2. The Morgan fingerprint density at radius 2 is 1.80 bits per heavy atom. The van der Waals surface area contributed by atoms with E-state index in [1.54, 1.807) is 24.3 Å². The number of aromatic nitrogens is 1. The van der Waals surface area contributed by atoms with Crippen LogP contribution in [-0.4, -0.2) is 24.0 Å². The third-order valence-electron chi connectivity index (χ3n) is 4.87. The second-order valence-electron chi connectivity index (χ2n) is 6.32. The first-order chi connectivity index (χ1) is 12.2. The van der Waals surface area contributed by atoms with Crippen LogP contribution < -0.4 is 5.32 Å². The van der Waals surface area contributed by atoms with Crippen LogP contribution in [0.4, 0.5) is 5.69 Å². The summed E-state index contributed by atoms with van der Waals surface area (Å²) in [5, 5.41) is 3.99. The highest BCUT2D eigenvalue weighted by Crippen LogP contribution is 2.51. The normalized spacial score (nSPS) is 14.9. The first kappa shape index (κ1) is 15.4. The zero-order valence-electron chi connectivity index (χ0n) is 13.8. The summed E-state index contributed by atoms with van der Waals surface area (Å²) in [5.74, 6) is -0.554. The fraction of sp³-hybridized carbons (Fsp3) is 0.200. The van der Waals surface area contributed by atoms with Crippen LogP contribution in [0.2, 0.25) is 0 Å². The van der Waals surface area contributed by atoms with Crippen molar-refractivity contribution in [1.29, 1.82) is 0 Å². The van der Waals surface area contributed by atoms with Crippen LogP contribution >= 0.6 is 0 Å². The van der Waals surface area contributed by atoms with Gasteiger partial charge in [0, 0.05) is 17.1 Å². The van der Waals surface area contributed by atoms with Gasteiger partial charge in [-0.25, -0.2) is 4.79 Å². The van der Waals surface area contributed by atoms with Crippen molar-refractivity contribution in [2.24, 2.45) is 0 Å². The third kappa shape index (κ3) is 2.48. The summed E-state index contributed by atoms with van der Waals surface area (Å²) in [5.41, 5.74) is 2.32. The maximum Gasteiger partial charge on any atom is 0.339 e. The highest BCUT2D eigenvalue weighted by Gasteiger charge is 2.52. The van der Waals surface area contributed by atoms with E-state index >= 15 is 0 Å². The molecule has 2 aromatic carbocycles. The average Bonchev–Trinajstić information content (AvgIpc) is 3.34. The second kappa shape index (κ2) is 5.77. The summed E-state index contributed by atoms with van der Waals surface area (Å²) in [4.78, 5) is 28.2. The molecule has 0 radical (unpaired) electrons. The van der Waals surface area contributed by atoms with Gasteiger partial charge in [0.05, 0.1) is 23.8 Å². The van der Waals surface area contributed by atoms with Crippen molar-refractivity contribution in [1.82, 2.24) is 4.98 Å². The van der Waals surface area contributed by atoms with Gasteiger partial charge in [-0.05, 0) is 36.6 Å². The lowest BCUT2D eigenvalue weighted by atomic mass is 9.94. The first-order valence-electron chi connectivity index (χ1n) is 8.21. The number of methoxy groups -OCH3 is 1. The van der Waals surface area contributed by atoms with Crippen molar-refractivity contribution < 1.29 is 14.3 Å². The summed E-state index contributed by atoms with van der Waals surface area (Å²) in [6.45, 7) is 0. The molecule has 0 spiro atoms. The molecular formula is C20H18N2O3. The molecule has 3 aromatic rings. The summed E-state index contributed by atoms with van der Waals surface area (Å²) in [7, 11) is 1.33. The van der Waals surface area contributed by atoms with Crippen LogP contribution in [0, 0.1) is 0 Å². The summed E-state index contributed by atoms with van der Waals surface area (Å²) in [6.07, 6.45) is 3.51. The van der Waals surface area contributed by atoms with Gasteiger partial charge in [0.1, 0.15) is 0 Å². The number of rotatable bonds is 4. The minimum absolute atomic E-state index is 0.0893. The highest BCUT2D eigenvalue weighted by atomic mass is 16.5. The zero-order chi connectivity index (χ0) is 17.4. The fourth-order valence-corrected chi connectivity index (χ4v) is 3.33. The van der Waals surface area contributed by atoms with Crippen LogP contribution in [-0.2, 0) is 14.9 Å². The van der Waals surface area contributed by atoms with Crippen LogP contribution in [0.15, 0.2) is 54.7 Å². The predicted molar refractivity (Wildman–Crippen MR) is 95.6 cm³/mol.